The van der Waals surface area contributed by atoms with Crippen LogP contribution in [0.1, 0.15) is 19.8 Å². The first kappa shape index (κ1) is 15.0. The highest BCUT2D eigenvalue weighted by atomic mass is 79.9. The van der Waals surface area contributed by atoms with Crippen LogP contribution in [0, 0.1) is 5.92 Å². The van der Waals surface area contributed by atoms with Gasteiger partial charge in [0.15, 0.2) is 0 Å². The van der Waals surface area contributed by atoms with Crippen LogP contribution in [-0.2, 0) is 4.79 Å². The zero-order valence-corrected chi connectivity index (χ0v) is 13.1. The first-order valence-corrected chi connectivity index (χ1v) is 7.64. The lowest BCUT2D eigenvalue weighted by Crippen LogP contribution is -2.29. The Hall–Kier alpha value is -1.39. The van der Waals surface area contributed by atoms with Crippen LogP contribution >= 0.6 is 15.9 Å². The number of carbonyl (C=O) groups excluding carboxylic acids is 1. The van der Waals surface area contributed by atoms with E-state index >= 15 is 0 Å². The number of amides is 1. The fourth-order valence-corrected chi connectivity index (χ4v) is 2.79. The Bertz CT molecular complexity index is 612. The molecular weight excluding hydrogens is 316 g/mol. The molecule has 106 valence electrons. The molecule has 0 spiro atoms. The molecule has 0 aliphatic heterocycles. The van der Waals surface area contributed by atoms with Gasteiger partial charge in [0.05, 0.1) is 5.92 Å². The van der Waals surface area contributed by atoms with Crippen LogP contribution in [0.15, 0.2) is 40.9 Å². The minimum absolute atomic E-state index is 0.00169. The van der Waals surface area contributed by atoms with Gasteiger partial charge < -0.3 is 11.1 Å². The molecule has 2 aromatic carbocycles. The number of hydrogen-bond acceptors (Lipinski definition) is 2. The van der Waals surface area contributed by atoms with Gasteiger partial charge in [0.1, 0.15) is 0 Å². The summed E-state index contributed by atoms with van der Waals surface area (Å²) in [4.78, 5) is 12.3. The summed E-state index contributed by atoms with van der Waals surface area (Å²) in [5, 5.41) is 5.13. The summed E-state index contributed by atoms with van der Waals surface area (Å²) in [5.41, 5.74) is 6.52. The monoisotopic (exact) mass is 334 g/mol. The predicted molar refractivity (Wildman–Crippen MR) is 87.7 cm³/mol. The van der Waals surface area contributed by atoms with Gasteiger partial charge in [-0.25, -0.2) is 0 Å². The minimum Gasteiger partial charge on any atom is -0.330 e. The van der Waals surface area contributed by atoms with E-state index in [2.05, 4.69) is 28.2 Å². The molecule has 0 radical (unpaired) electrons. The number of halogens is 1. The second-order valence-corrected chi connectivity index (χ2v) is 5.71. The van der Waals surface area contributed by atoms with Crippen molar-refractivity contribution in [1.29, 1.82) is 0 Å². The lowest BCUT2D eigenvalue weighted by molar-refractivity contribution is -0.119. The molecule has 0 aliphatic carbocycles. The highest BCUT2D eigenvalue weighted by molar-refractivity contribution is 9.10. The van der Waals surface area contributed by atoms with Crippen LogP contribution in [0.2, 0.25) is 0 Å². The second kappa shape index (κ2) is 6.86. The molecule has 0 bridgehead atoms. The van der Waals surface area contributed by atoms with E-state index in [0.29, 0.717) is 6.54 Å². The van der Waals surface area contributed by atoms with Crippen molar-refractivity contribution in [2.75, 3.05) is 11.9 Å². The van der Waals surface area contributed by atoms with E-state index in [-0.39, 0.29) is 11.8 Å². The number of fused-ring (bicyclic) bond motifs is 1. The van der Waals surface area contributed by atoms with Gasteiger partial charge in [-0.3, -0.25) is 4.79 Å². The zero-order chi connectivity index (χ0) is 14.5. The normalized spacial score (nSPS) is 12.3. The Balaban J connectivity index is 2.30. The highest BCUT2D eigenvalue weighted by Gasteiger charge is 2.16. The summed E-state index contributed by atoms with van der Waals surface area (Å²) >= 11 is 3.53. The molecule has 0 saturated carbocycles. The Labute approximate surface area is 127 Å². The molecule has 3 N–H and O–H groups in total. The predicted octanol–water partition coefficient (Wildman–Crippen LogP) is 3.92. The van der Waals surface area contributed by atoms with Gasteiger partial charge in [0.2, 0.25) is 5.91 Å². The fourth-order valence-electron chi connectivity index (χ4n) is 2.31. The third kappa shape index (κ3) is 3.19. The number of hydrogen-bond donors (Lipinski definition) is 2. The summed E-state index contributed by atoms with van der Waals surface area (Å²) in [6.07, 6.45) is 1.77. The molecule has 20 heavy (non-hydrogen) atoms. The van der Waals surface area contributed by atoms with Gasteiger partial charge >= 0.3 is 0 Å². The van der Waals surface area contributed by atoms with Gasteiger partial charge in [0.25, 0.3) is 0 Å². The lowest BCUT2D eigenvalue weighted by atomic mass is 10.0. The Morgan fingerprint density at radius 2 is 1.95 bits per heavy atom. The van der Waals surface area contributed by atoms with E-state index in [1.54, 1.807) is 0 Å². The summed E-state index contributed by atoms with van der Waals surface area (Å²) in [5.74, 6) is -0.121. The lowest BCUT2D eigenvalue weighted by Gasteiger charge is -2.15. The quantitative estimate of drug-likeness (QED) is 0.870. The summed E-state index contributed by atoms with van der Waals surface area (Å²) in [6.45, 7) is 2.44. The second-order valence-electron chi connectivity index (χ2n) is 4.85. The molecule has 1 atom stereocenters. The Morgan fingerprint density at radius 3 is 2.60 bits per heavy atom. The molecule has 2 aromatic rings. The summed E-state index contributed by atoms with van der Waals surface area (Å²) in [6, 6.07) is 11.9. The largest absolute Gasteiger partial charge is 0.330 e. The molecule has 4 heteroatoms. The average molecular weight is 335 g/mol. The molecule has 0 saturated heterocycles. The van der Waals surface area contributed by atoms with Crippen LogP contribution in [0.3, 0.4) is 0 Å². The van der Waals surface area contributed by atoms with Crippen molar-refractivity contribution in [3.63, 3.8) is 0 Å². The SMILES string of the molecule is CCCC(CN)C(=O)Nc1ccc(Br)c2ccccc12. The molecule has 0 aromatic heterocycles. The Kier molecular flexibility index (Phi) is 5.15. The van der Waals surface area contributed by atoms with Crippen LogP contribution < -0.4 is 11.1 Å². The third-order valence-corrected chi connectivity index (χ3v) is 4.11. The van der Waals surface area contributed by atoms with E-state index in [4.69, 9.17) is 5.73 Å². The van der Waals surface area contributed by atoms with Crippen LogP contribution in [-0.4, -0.2) is 12.5 Å². The Morgan fingerprint density at radius 1 is 1.25 bits per heavy atom. The minimum atomic E-state index is -0.123. The van der Waals surface area contributed by atoms with Crippen LogP contribution in [0.25, 0.3) is 10.8 Å². The molecule has 1 amide bonds. The van der Waals surface area contributed by atoms with Crippen LogP contribution in [0.5, 0.6) is 0 Å². The fraction of sp³-hybridized carbons (Fsp3) is 0.312. The molecule has 3 nitrogen and oxygen atoms in total. The maximum atomic E-state index is 12.3. The van der Waals surface area contributed by atoms with Crippen molar-refractivity contribution in [2.24, 2.45) is 11.7 Å². The topological polar surface area (TPSA) is 55.1 Å². The van der Waals surface area contributed by atoms with E-state index in [1.807, 2.05) is 36.4 Å². The third-order valence-electron chi connectivity index (χ3n) is 3.42. The van der Waals surface area contributed by atoms with E-state index in [0.717, 1.165) is 33.8 Å². The first-order chi connectivity index (χ1) is 9.67. The van der Waals surface area contributed by atoms with Gasteiger partial charge in [0, 0.05) is 22.1 Å². The van der Waals surface area contributed by atoms with Crippen molar-refractivity contribution < 1.29 is 4.79 Å². The number of carbonyl (C=O) groups is 1. The standard InChI is InChI=1S/C16H19BrN2O/c1-2-5-11(10-18)16(20)19-15-9-8-14(17)12-6-3-4-7-13(12)15/h3-4,6-9,11H,2,5,10,18H2,1H3,(H,19,20). The van der Waals surface area contributed by atoms with Gasteiger partial charge in [-0.15, -0.1) is 0 Å². The molecular formula is C16H19BrN2O. The number of nitrogens with one attached hydrogen (secondary N) is 1. The molecule has 0 aliphatic rings. The zero-order valence-electron chi connectivity index (χ0n) is 11.5. The van der Waals surface area contributed by atoms with Crippen LogP contribution in [0.4, 0.5) is 5.69 Å². The van der Waals surface area contributed by atoms with Crippen molar-refractivity contribution in [3.05, 3.63) is 40.9 Å². The number of anilines is 1. The average Bonchev–Trinajstić information content (AvgIpc) is 2.48. The maximum Gasteiger partial charge on any atom is 0.228 e. The van der Waals surface area contributed by atoms with Gasteiger partial charge in [-0.1, -0.05) is 53.5 Å². The maximum absolute atomic E-state index is 12.3. The van der Waals surface area contributed by atoms with Crippen molar-refractivity contribution in [1.82, 2.24) is 0 Å². The molecule has 0 heterocycles. The summed E-state index contributed by atoms with van der Waals surface area (Å²) in [7, 11) is 0. The number of benzene rings is 2. The number of rotatable bonds is 5. The highest BCUT2D eigenvalue weighted by Crippen LogP contribution is 2.30. The van der Waals surface area contributed by atoms with E-state index in [9.17, 15) is 4.79 Å². The first-order valence-electron chi connectivity index (χ1n) is 6.85. The van der Waals surface area contributed by atoms with Crippen molar-refractivity contribution in [3.8, 4) is 0 Å². The van der Waals surface area contributed by atoms with E-state index in [1.165, 1.54) is 0 Å². The van der Waals surface area contributed by atoms with E-state index < -0.39 is 0 Å². The van der Waals surface area contributed by atoms with Crippen molar-refractivity contribution in [2.45, 2.75) is 19.8 Å². The van der Waals surface area contributed by atoms with Gasteiger partial charge in [-0.05, 0) is 23.9 Å². The molecule has 0 fully saturated rings. The van der Waals surface area contributed by atoms with Crippen molar-refractivity contribution >= 4 is 38.3 Å². The van der Waals surface area contributed by atoms with Gasteiger partial charge in [-0.2, -0.15) is 0 Å². The molecule has 2 rings (SSSR count). The smallest absolute Gasteiger partial charge is 0.228 e. The number of nitrogens with two attached hydrogens (primary N) is 1. The molecule has 1 unspecified atom stereocenters. The summed E-state index contributed by atoms with van der Waals surface area (Å²) < 4.78 is 1.02.